The predicted octanol–water partition coefficient (Wildman–Crippen LogP) is 4.74. The highest BCUT2D eigenvalue weighted by atomic mass is 35.5. The van der Waals surface area contributed by atoms with E-state index in [0.717, 1.165) is 11.1 Å². The second kappa shape index (κ2) is 7.89. The van der Waals surface area contributed by atoms with E-state index in [0.29, 0.717) is 22.1 Å². The number of anilines is 1. The van der Waals surface area contributed by atoms with E-state index in [-0.39, 0.29) is 5.82 Å². The van der Waals surface area contributed by atoms with Crippen molar-refractivity contribution in [3.8, 4) is 0 Å². The van der Waals surface area contributed by atoms with Crippen molar-refractivity contribution in [1.29, 1.82) is 0 Å². The lowest BCUT2D eigenvalue weighted by atomic mass is 9.99. The number of rotatable bonds is 4. The molecule has 4 aromatic rings. The van der Waals surface area contributed by atoms with Gasteiger partial charge in [0.2, 0.25) is 0 Å². The molecule has 0 spiro atoms. The number of hydrogen-bond donors (Lipinski definition) is 2. The van der Waals surface area contributed by atoms with Crippen LogP contribution in [0.2, 0.25) is 5.02 Å². The van der Waals surface area contributed by atoms with Crippen LogP contribution in [0, 0.1) is 12.7 Å². The number of halogens is 2. The number of nitrogens with zero attached hydrogens (tertiary/aromatic N) is 3. The second-order valence-electron chi connectivity index (χ2n) is 6.49. The molecule has 0 saturated heterocycles. The lowest BCUT2D eigenvalue weighted by Crippen LogP contribution is -2.34. The van der Waals surface area contributed by atoms with Crippen molar-refractivity contribution < 1.29 is 9.18 Å². The molecule has 2 aromatic heterocycles. The van der Waals surface area contributed by atoms with E-state index in [2.05, 4.69) is 20.7 Å². The van der Waals surface area contributed by atoms with Gasteiger partial charge in [-0.2, -0.15) is 5.10 Å². The molecule has 4 rings (SSSR count). The average Bonchev–Trinajstić information content (AvgIpc) is 3.13. The summed E-state index contributed by atoms with van der Waals surface area (Å²) < 4.78 is 14.8. The molecule has 2 aromatic carbocycles. The molecule has 0 aliphatic carbocycles. The number of amides is 2. The number of benzene rings is 2. The van der Waals surface area contributed by atoms with Gasteiger partial charge in [0.05, 0.1) is 11.9 Å². The van der Waals surface area contributed by atoms with Gasteiger partial charge in [-0.1, -0.05) is 23.7 Å². The summed E-state index contributed by atoms with van der Waals surface area (Å²) in [6, 6.07) is 13.6. The molecule has 0 aliphatic heterocycles. The molecule has 0 radical (unpaired) electrons. The van der Waals surface area contributed by atoms with Crippen LogP contribution in [0.25, 0.3) is 5.65 Å². The van der Waals surface area contributed by atoms with Crippen molar-refractivity contribution in [3.63, 3.8) is 0 Å². The fourth-order valence-corrected chi connectivity index (χ4v) is 3.51. The third kappa shape index (κ3) is 3.90. The molecule has 0 fully saturated rings. The first-order chi connectivity index (χ1) is 14.0. The highest BCUT2D eigenvalue weighted by Gasteiger charge is 2.25. The first-order valence-corrected chi connectivity index (χ1v) is 9.27. The molecule has 8 heteroatoms. The van der Waals surface area contributed by atoms with Gasteiger partial charge < -0.3 is 10.6 Å². The van der Waals surface area contributed by atoms with E-state index in [9.17, 15) is 9.18 Å². The van der Waals surface area contributed by atoms with Crippen LogP contribution in [0.4, 0.5) is 14.9 Å². The summed E-state index contributed by atoms with van der Waals surface area (Å²) in [6.45, 7) is 1.92. The Kier molecular flexibility index (Phi) is 5.14. The van der Waals surface area contributed by atoms with Gasteiger partial charge in [-0.3, -0.25) is 0 Å². The van der Waals surface area contributed by atoms with Gasteiger partial charge in [0, 0.05) is 22.5 Å². The molecular formula is C21H17ClFN5O. The Hall–Kier alpha value is -3.45. The predicted molar refractivity (Wildman–Crippen MR) is 110 cm³/mol. The lowest BCUT2D eigenvalue weighted by Gasteiger charge is -2.22. The van der Waals surface area contributed by atoms with Crippen molar-refractivity contribution in [1.82, 2.24) is 19.9 Å². The van der Waals surface area contributed by atoms with Gasteiger partial charge in [-0.05, 0) is 55.0 Å². The van der Waals surface area contributed by atoms with E-state index in [1.807, 2.05) is 25.1 Å². The zero-order chi connectivity index (χ0) is 20.4. The highest BCUT2D eigenvalue weighted by Crippen LogP contribution is 2.31. The Balaban J connectivity index is 1.72. The Labute approximate surface area is 171 Å². The monoisotopic (exact) mass is 409 g/mol. The van der Waals surface area contributed by atoms with Gasteiger partial charge in [0.25, 0.3) is 0 Å². The van der Waals surface area contributed by atoms with Crippen LogP contribution >= 0.6 is 11.6 Å². The summed E-state index contributed by atoms with van der Waals surface area (Å²) in [6.07, 6.45) is 3.31. The van der Waals surface area contributed by atoms with E-state index in [1.165, 1.54) is 24.3 Å². The maximum atomic E-state index is 13.1. The van der Waals surface area contributed by atoms with E-state index in [4.69, 9.17) is 11.6 Å². The minimum absolute atomic E-state index is 0.377. The maximum Gasteiger partial charge on any atom is 0.320 e. The first-order valence-electron chi connectivity index (χ1n) is 8.89. The molecular weight excluding hydrogens is 393 g/mol. The molecule has 6 nitrogen and oxygen atoms in total. The molecule has 0 saturated carbocycles. The molecule has 1 unspecified atom stereocenters. The van der Waals surface area contributed by atoms with Crippen LogP contribution in [-0.2, 0) is 0 Å². The minimum Gasteiger partial charge on any atom is -0.325 e. The van der Waals surface area contributed by atoms with Crippen molar-refractivity contribution in [2.75, 3.05) is 5.32 Å². The zero-order valence-electron chi connectivity index (χ0n) is 15.4. The van der Waals surface area contributed by atoms with Crippen molar-refractivity contribution in [2.24, 2.45) is 0 Å². The first kappa shape index (κ1) is 18.9. The Morgan fingerprint density at radius 1 is 1.14 bits per heavy atom. The van der Waals surface area contributed by atoms with Gasteiger partial charge in [-0.25, -0.2) is 18.7 Å². The van der Waals surface area contributed by atoms with Crippen LogP contribution in [-0.4, -0.2) is 20.6 Å². The minimum atomic E-state index is -0.603. The normalized spacial score (nSPS) is 12.0. The summed E-state index contributed by atoms with van der Waals surface area (Å²) in [7, 11) is 0. The summed E-state index contributed by atoms with van der Waals surface area (Å²) >= 11 is 6.49. The Morgan fingerprint density at radius 2 is 1.93 bits per heavy atom. The maximum absolute atomic E-state index is 13.1. The van der Waals surface area contributed by atoms with E-state index >= 15 is 0 Å². The number of hydrogen-bond acceptors (Lipinski definition) is 3. The number of carbonyl (C=O) groups excluding carboxylic acids is 1. The van der Waals surface area contributed by atoms with Crippen LogP contribution in [0.1, 0.15) is 22.9 Å². The Bertz CT molecular complexity index is 1160. The summed E-state index contributed by atoms with van der Waals surface area (Å²) in [5.41, 5.74) is 3.44. The summed E-state index contributed by atoms with van der Waals surface area (Å²) in [5.74, 6) is -0.377. The zero-order valence-corrected chi connectivity index (χ0v) is 16.2. The average molecular weight is 410 g/mol. The van der Waals surface area contributed by atoms with Gasteiger partial charge in [-0.15, -0.1) is 0 Å². The number of fused-ring (bicyclic) bond motifs is 1. The molecule has 2 amide bonds. The third-order valence-electron chi connectivity index (χ3n) is 4.54. The second-order valence-corrected chi connectivity index (χ2v) is 6.89. The number of aromatic nitrogens is 3. The van der Waals surface area contributed by atoms with E-state index in [1.54, 1.807) is 29.0 Å². The van der Waals surface area contributed by atoms with Crippen molar-refractivity contribution in [3.05, 3.63) is 94.7 Å². The lowest BCUT2D eigenvalue weighted by molar-refractivity contribution is 0.250. The number of nitrogens with one attached hydrogen (secondary N) is 2. The SMILES string of the molecule is Cc1cccc(Cl)c1C(NC(=O)Nc1ccc(F)cc1)c1cnc2cccnn12. The van der Waals surface area contributed by atoms with Gasteiger partial charge >= 0.3 is 6.03 Å². The van der Waals surface area contributed by atoms with E-state index < -0.39 is 12.1 Å². The fourth-order valence-electron chi connectivity index (χ4n) is 3.18. The molecule has 2 N–H and O–H groups in total. The molecule has 2 heterocycles. The van der Waals surface area contributed by atoms with Gasteiger partial charge in [0.1, 0.15) is 11.9 Å². The smallest absolute Gasteiger partial charge is 0.320 e. The molecule has 0 aliphatic rings. The number of aryl methyl sites for hydroxylation is 1. The largest absolute Gasteiger partial charge is 0.325 e. The highest BCUT2D eigenvalue weighted by molar-refractivity contribution is 6.31. The van der Waals surface area contributed by atoms with Crippen LogP contribution in [0.15, 0.2) is 67.0 Å². The summed E-state index contributed by atoms with van der Waals surface area (Å²) in [5, 5.41) is 10.5. The fraction of sp³-hybridized carbons (Fsp3) is 0.0952. The number of imidazole rings is 1. The van der Waals surface area contributed by atoms with Crippen LogP contribution in [0.3, 0.4) is 0 Å². The molecule has 29 heavy (non-hydrogen) atoms. The summed E-state index contributed by atoms with van der Waals surface area (Å²) in [4.78, 5) is 17.1. The topological polar surface area (TPSA) is 71.3 Å². The Morgan fingerprint density at radius 3 is 2.69 bits per heavy atom. The number of carbonyl (C=O) groups is 1. The van der Waals surface area contributed by atoms with Crippen LogP contribution < -0.4 is 10.6 Å². The standard InChI is InChI=1S/C21H17ClFN5O/c1-13-4-2-5-16(22)19(13)20(17-12-24-18-6-3-11-25-28(17)18)27-21(29)26-15-9-7-14(23)8-10-15/h2-12,20H,1H3,(H2,26,27,29). The molecule has 0 bridgehead atoms. The molecule has 146 valence electrons. The molecule has 1 atom stereocenters. The van der Waals surface area contributed by atoms with Crippen molar-refractivity contribution in [2.45, 2.75) is 13.0 Å². The van der Waals surface area contributed by atoms with Gasteiger partial charge in [0.15, 0.2) is 5.65 Å². The van der Waals surface area contributed by atoms with Crippen molar-refractivity contribution >= 4 is 29.0 Å². The van der Waals surface area contributed by atoms with Crippen LogP contribution in [0.5, 0.6) is 0 Å². The third-order valence-corrected chi connectivity index (χ3v) is 4.87. The quantitative estimate of drug-likeness (QED) is 0.511. The number of urea groups is 1.